The van der Waals surface area contributed by atoms with Crippen LogP contribution in [-0.2, 0) is 12.8 Å². The smallest absolute Gasteiger partial charge is 0.369 e. The summed E-state index contributed by atoms with van der Waals surface area (Å²) in [7, 11) is 0. The lowest BCUT2D eigenvalue weighted by Crippen LogP contribution is -2.47. The summed E-state index contributed by atoms with van der Waals surface area (Å²) >= 11 is 5.96. The van der Waals surface area contributed by atoms with Crippen molar-refractivity contribution in [3.8, 4) is 17.1 Å². The number of para-hydroxylation sites is 1. The van der Waals surface area contributed by atoms with Crippen LogP contribution in [0.3, 0.4) is 0 Å². The second-order valence-electron chi connectivity index (χ2n) is 9.69. The van der Waals surface area contributed by atoms with Crippen LogP contribution in [0, 0.1) is 4.77 Å². The van der Waals surface area contributed by atoms with Gasteiger partial charge < -0.3 is 4.90 Å². The number of alkyl halides is 3. The highest BCUT2D eigenvalue weighted by Gasteiger charge is 2.31. The normalized spacial score (nSPS) is 14.8. The van der Waals surface area contributed by atoms with Gasteiger partial charge in [-0.1, -0.05) is 38.1 Å². The van der Waals surface area contributed by atoms with Gasteiger partial charge in [-0.15, -0.1) is 5.10 Å². The highest BCUT2D eigenvalue weighted by Crippen LogP contribution is 2.32. The third kappa shape index (κ3) is 5.37. The highest BCUT2D eigenvalue weighted by atomic mass is 32.1. The summed E-state index contributed by atoms with van der Waals surface area (Å²) in [6.07, 6.45) is -0.845. The van der Waals surface area contributed by atoms with E-state index in [2.05, 4.69) is 35.9 Å². The van der Waals surface area contributed by atoms with Gasteiger partial charge >= 0.3 is 6.18 Å². The Morgan fingerprint density at radius 1 is 0.947 bits per heavy atom. The minimum absolute atomic E-state index is 0.294. The summed E-state index contributed by atoms with van der Waals surface area (Å²) < 4.78 is 43.9. The minimum Gasteiger partial charge on any atom is -0.369 e. The molecule has 3 heterocycles. The standard InChI is InChI=1S/C28H29F3N6S/c1-20(2)24-10-3-4-11-25(24)37-26(21-7-6-12-32-18-21)33-36(27(37)38)19-34-13-15-35(16-14-34)23-9-5-8-22(17-23)28(29,30)31/h3-12,17-18,20H,13-16,19H2,1-2H3. The molecule has 38 heavy (non-hydrogen) atoms. The van der Waals surface area contributed by atoms with Gasteiger partial charge in [0.25, 0.3) is 0 Å². The molecular formula is C28H29F3N6S. The number of halogens is 3. The molecule has 4 aromatic rings. The van der Waals surface area contributed by atoms with E-state index >= 15 is 0 Å². The Hall–Kier alpha value is -3.50. The molecule has 1 aliphatic heterocycles. The molecule has 198 valence electrons. The van der Waals surface area contributed by atoms with Gasteiger partial charge in [0.2, 0.25) is 4.77 Å². The van der Waals surface area contributed by atoms with Crippen molar-refractivity contribution < 1.29 is 13.2 Å². The fourth-order valence-corrected chi connectivity index (χ4v) is 5.08. The van der Waals surface area contributed by atoms with E-state index in [1.54, 1.807) is 18.5 Å². The van der Waals surface area contributed by atoms with E-state index in [-0.39, 0.29) is 0 Å². The van der Waals surface area contributed by atoms with E-state index in [1.165, 1.54) is 17.7 Å². The summed E-state index contributed by atoms with van der Waals surface area (Å²) in [5.41, 5.74) is 2.99. The van der Waals surface area contributed by atoms with Crippen LogP contribution in [0.25, 0.3) is 17.1 Å². The second kappa shape index (κ2) is 10.7. The van der Waals surface area contributed by atoms with Crippen molar-refractivity contribution in [3.05, 3.63) is 89.0 Å². The fraction of sp³-hybridized carbons (Fsp3) is 0.321. The van der Waals surface area contributed by atoms with E-state index in [4.69, 9.17) is 17.3 Å². The Kier molecular flexibility index (Phi) is 7.36. The van der Waals surface area contributed by atoms with Crippen molar-refractivity contribution in [2.45, 2.75) is 32.6 Å². The van der Waals surface area contributed by atoms with Crippen molar-refractivity contribution in [1.82, 2.24) is 24.2 Å². The molecule has 2 aromatic heterocycles. The summed E-state index contributed by atoms with van der Waals surface area (Å²) in [5, 5.41) is 4.92. The summed E-state index contributed by atoms with van der Waals surface area (Å²) in [5.74, 6) is 1.01. The predicted octanol–water partition coefficient (Wildman–Crippen LogP) is 6.39. The molecule has 6 nitrogen and oxygen atoms in total. The molecule has 10 heteroatoms. The lowest BCUT2D eigenvalue weighted by atomic mass is 10.0. The molecule has 0 bridgehead atoms. The molecule has 2 aromatic carbocycles. The summed E-state index contributed by atoms with van der Waals surface area (Å²) in [4.78, 5) is 8.49. The van der Waals surface area contributed by atoms with Gasteiger partial charge in [0.05, 0.1) is 17.9 Å². The Morgan fingerprint density at radius 3 is 2.39 bits per heavy atom. The summed E-state index contributed by atoms with van der Waals surface area (Å²) in [6, 6.07) is 17.6. The average molecular weight is 539 g/mol. The van der Waals surface area contributed by atoms with Crippen LogP contribution in [0.15, 0.2) is 73.1 Å². The van der Waals surface area contributed by atoms with Crippen molar-refractivity contribution >= 4 is 17.9 Å². The van der Waals surface area contributed by atoms with Gasteiger partial charge in [-0.2, -0.15) is 13.2 Å². The van der Waals surface area contributed by atoms with Gasteiger partial charge in [-0.05, 0) is 60.1 Å². The molecule has 0 N–H and O–H groups in total. The molecule has 0 saturated carbocycles. The van der Waals surface area contributed by atoms with Crippen LogP contribution in [0.5, 0.6) is 0 Å². The molecule has 0 amide bonds. The van der Waals surface area contributed by atoms with Crippen molar-refractivity contribution in [1.29, 1.82) is 0 Å². The number of aromatic nitrogens is 4. The third-order valence-corrected chi connectivity index (χ3v) is 7.20. The maximum Gasteiger partial charge on any atom is 0.416 e. The molecule has 1 saturated heterocycles. The molecule has 0 atom stereocenters. The van der Waals surface area contributed by atoms with Crippen molar-refractivity contribution in [3.63, 3.8) is 0 Å². The first-order valence-corrected chi connectivity index (χ1v) is 13.0. The van der Waals surface area contributed by atoms with Crippen LogP contribution in [-0.4, -0.2) is 50.4 Å². The lowest BCUT2D eigenvalue weighted by Gasteiger charge is -2.36. The zero-order valence-corrected chi connectivity index (χ0v) is 22.1. The highest BCUT2D eigenvalue weighted by molar-refractivity contribution is 7.71. The molecule has 0 radical (unpaired) electrons. The number of anilines is 1. The zero-order valence-electron chi connectivity index (χ0n) is 21.3. The van der Waals surface area contributed by atoms with E-state index in [0.29, 0.717) is 49.2 Å². The maximum absolute atomic E-state index is 13.2. The third-order valence-electron chi connectivity index (χ3n) is 6.80. The van der Waals surface area contributed by atoms with Crippen molar-refractivity contribution in [2.75, 3.05) is 31.1 Å². The average Bonchev–Trinajstić information content (AvgIpc) is 3.24. The molecule has 0 aliphatic carbocycles. The molecule has 1 fully saturated rings. The summed E-state index contributed by atoms with van der Waals surface area (Å²) in [6.45, 7) is 7.37. The van der Waals surface area contributed by atoms with Gasteiger partial charge in [0.15, 0.2) is 5.82 Å². The number of hydrogen-bond acceptors (Lipinski definition) is 5. The predicted molar refractivity (Wildman–Crippen MR) is 145 cm³/mol. The Morgan fingerprint density at radius 2 is 1.71 bits per heavy atom. The van der Waals surface area contributed by atoms with Gasteiger partial charge in [-0.25, -0.2) is 4.68 Å². The topological polar surface area (TPSA) is 42.1 Å². The largest absolute Gasteiger partial charge is 0.416 e. The fourth-order valence-electron chi connectivity index (χ4n) is 4.79. The van der Waals surface area contributed by atoms with E-state index < -0.39 is 11.7 Å². The quantitative estimate of drug-likeness (QED) is 0.266. The van der Waals surface area contributed by atoms with Crippen LogP contribution < -0.4 is 4.90 Å². The van der Waals surface area contributed by atoms with E-state index in [0.717, 1.165) is 23.1 Å². The first kappa shape index (κ1) is 26.1. The Labute approximate surface area is 225 Å². The molecule has 0 spiro atoms. The molecular weight excluding hydrogens is 509 g/mol. The zero-order chi connectivity index (χ0) is 26.9. The monoisotopic (exact) mass is 538 g/mol. The Balaban J connectivity index is 1.41. The van der Waals surface area contributed by atoms with Crippen LogP contribution in [0.4, 0.5) is 18.9 Å². The van der Waals surface area contributed by atoms with Crippen LogP contribution in [0.2, 0.25) is 0 Å². The SMILES string of the molecule is CC(C)c1ccccc1-n1c(-c2cccnc2)nn(CN2CCN(c3cccc(C(F)(F)F)c3)CC2)c1=S. The number of hydrogen-bond donors (Lipinski definition) is 0. The van der Waals surface area contributed by atoms with Gasteiger partial charge in [0, 0.05) is 49.8 Å². The maximum atomic E-state index is 13.2. The van der Waals surface area contributed by atoms with Gasteiger partial charge in [-0.3, -0.25) is 14.5 Å². The minimum atomic E-state index is -4.35. The van der Waals surface area contributed by atoms with Gasteiger partial charge in [0.1, 0.15) is 0 Å². The molecule has 5 rings (SSSR count). The second-order valence-corrected chi connectivity index (χ2v) is 10.1. The number of piperazine rings is 1. The lowest BCUT2D eigenvalue weighted by molar-refractivity contribution is -0.137. The molecule has 0 unspecified atom stereocenters. The number of nitrogens with zero attached hydrogens (tertiary/aromatic N) is 6. The van der Waals surface area contributed by atoms with Crippen LogP contribution in [0.1, 0.15) is 30.9 Å². The first-order chi connectivity index (χ1) is 18.2. The van der Waals surface area contributed by atoms with E-state index in [1.807, 2.05) is 38.4 Å². The van der Waals surface area contributed by atoms with Crippen LogP contribution >= 0.6 is 12.2 Å². The first-order valence-electron chi connectivity index (χ1n) is 12.6. The number of rotatable bonds is 6. The molecule has 1 aliphatic rings. The number of pyridine rings is 1. The van der Waals surface area contributed by atoms with Crippen molar-refractivity contribution in [2.24, 2.45) is 0 Å². The Bertz CT molecular complexity index is 1450. The number of benzene rings is 2. The van der Waals surface area contributed by atoms with E-state index in [9.17, 15) is 13.2 Å².